The molecule has 0 saturated carbocycles. The lowest BCUT2D eigenvalue weighted by Gasteiger charge is -2.32. The summed E-state index contributed by atoms with van der Waals surface area (Å²) in [5.41, 5.74) is 22.2. The molecule has 14 rings (SSSR count). The molecule has 3 nitrogen and oxygen atoms in total. The Bertz CT molecular complexity index is 3840. The molecule has 10 aromatic carbocycles. The molecule has 0 atom stereocenters. The van der Waals surface area contributed by atoms with Gasteiger partial charge in [0.2, 0.25) is 0 Å². The molecular weight excluding hydrogens is 789 g/mol. The zero-order valence-corrected chi connectivity index (χ0v) is 35.7. The number of benzene rings is 10. The van der Waals surface area contributed by atoms with Gasteiger partial charge in [-0.3, -0.25) is 0 Å². The quantitative estimate of drug-likeness (QED) is 0.172. The summed E-state index contributed by atoms with van der Waals surface area (Å²) in [6.45, 7) is 2.14. The number of furan rings is 1. The zero-order chi connectivity index (χ0) is 42.8. The van der Waals surface area contributed by atoms with Crippen LogP contribution in [0.3, 0.4) is 0 Å². The van der Waals surface area contributed by atoms with Crippen molar-refractivity contribution in [2.75, 3.05) is 4.90 Å². The summed E-state index contributed by atoms with van der Waals surface area (Å²) in [5, 5.41) is 4.68. The number of aryl methyl sites for hydroxylation is 1. The van der Waals surface area contributed by atoms with Gasteiger partial charge in [-0.25, -0.2) is 0 Å². The van der Waals surface area contributed by atoms with E-state index >= 15 is 0 Å². The first kappa shape index (κ1) is 36.1. The molecule has 65 heavy (non-hydrogen) atoms. The van der Waals surface area contributed by atoms with Crippen LogP contribution >= 0.6 is 0 Å². The van der Waals surface area contributed by atoms with E-state index in [0.29, 0.717) is 0 Å². The predicted molar refractivity (Wildman–Crippen MR) is 269 cm³/mol. The smallest absolute Gasteiger partial charge is 0.137 e. The summed E-state index contributed by atoms with van der Waals surface area (Å²) in [4.78, 5) is 2.44. The molecule has 2 heterocycles. The van der Waals surface area contributed by atoms with E-state index in [1.54, 1.807) is 0 Å². The first-order valence-electron chi connectivity index (χ1n) is 22.5. The fourth-order valence-electron chi connectivity index (χ4n) is 11.5. The summed E-state index contributed by atoms with van der Waals surface area (Å²) in [7, 11) is 0. The highest BCUT2D eigenvalue weighted by molar-refractivity contribution is 6.14. The molecule has 0 amide bonds. The van der Waals surface area contributed by atoms with Crippen LogP contribution in [0.4, 0.5) is 17.1 Å². The van der Waals surface area contributed by atoms with Gasteiger partial charge in [0, 0.05) is 33.2 Å². The Kier molecular flexibility index (Phi) is 7.53. The van der Waals surface area contributed by atoms with Gasteiger partial charge in [0.05, 0.1) is 27.5 Å². The maximum Gasteiger partial charge on any atom is 0.137 e. The molecule has 12 aromatic rings. The van der Waals surface area contributed by atoms with Crippen LogP contribution in [-0.4, -0.2) is 4.57 Å². The van der Waals surface area contributed by atoms with Gasteiger partial charge in [-0.1, -0.05) is 157 Å². The second-order valence-corrected chi connectivity index (χ2v) is 17.7. The summed E-state index contributed by atoms with van der Waals surface area (Å²) < 4.78 is 8.92. The Morgan fingerprint density at radius 1 is 0.400 bits per heavy atom. The molecule has 0 N–H and O–H groups in total. The number of anilines is 3. The van der Waals surface area contributed by atoms with Crippen molar-refractivity contribution in [3.05, 3.63) is 252 Å². The number of para-hydroxylation sites is 2. The average molecular weight is 829 g/mol. The maximum atomic E-state index is 6.53. The van der Waals surface area contributed by atoms with Gasteiger partial charge in [0.15, 0.2) is 0 Å². The largest absolute Gasteiger partial charge is 0.456 e. The van der Waals surface area contributed by atoms with E-state index in [4.69, 9.17) is 4.42 Å². The van der Waals surface area contributed by atoms with Crippen molar-refractivity contribution in [1.82, 2.24) is 4.57 Å². The predicted octanol–water partition coefficient (Wildman–Crippen LogP) is 16.5. The molecule has 2 aliphatic carbocycles. The molecule has 0 fully saturated rings. The van der Waals surface area contributed by atoms with E-state index < -0.39 is 5.41 Å². The molecule has 2 aromatic heterocycles. The number of rotatable bonds is 5. The Labute approximate surface area is 376 Å². The van der Waals surface area contributed by atoms with Crippen LogP contribution in [0.15, 0.2) is 229 Å². The fourth-order valence-corrected chi connectivity index (χ4v) is 11.5. The van der Waals surface area contributed by atoms with Crippen molar-refractivity contribution in [3.63, 3.8) is 0 Å². The lowest BCUT2D eigenvalue weighted by Crippen LogP contribution is -2.26. The van der Waals surface area contributed by atoms with Gasteiger partial charge in [-0.05, 0) is 135 Å². The molecule has 0 saturated heterocycles. The average Bonchev–Trinajstić information content (AvgIpc) is 4.08. The van der Waals surface area contributed by atoms with E-state index in [2.05, 4.69) is 235 Å². The summed E-state index contributed by atoms with van der Waals surface area (Å²) in [6, 6.07) is 82.7. The molecule has 1 spiro atoms. The van der Waals surface area contributed by atoms with Crippen molar-refractivity contribution in [1.29, 1.82) is 0 Å². The minimum atomic E-state index is -0.458. The Morgan fingerprint density at radius 3 is 1.69 bits per heavy atom. The van der Waals surface area contributed by atoms with Crippen molar-refractivity contribution in [2.24, 2.45) is 0 Å². The third-order valence-corrected chi connectivity index (χ3v) is 14.3. The molecule has 0 radical (unpaired) electrons. The Morgan fingerprint density at radius 2 is 0.969 bits per heavy atom. The van der Waals surface area contributed by atoms with Gasteiger partial charge in [-0.15, -0.1) is 0 Å². The number of fused-ring (bicyclic) bond motifs is 16. The van der Waals surface area contributed by atoms with E-state index in [0.717, 1.165) is 44.6 Å². The summed E-state index contributed by atoms with van der Waals surface area (Å²) in [6.07, 6.45) is 0. The number of nitrogens with zero attached hydrogens (tertiary/aromatic N) is 2. The highest BCUT2D eigenvalue weighted by atomic mass is 16.3. The van der Waals surface area contributed by atoms with Crippen molar-refractivity contribution in [3.8, 4) is 39.1 Å². The van der Waals surface area contributed by atoms with E-state index in [1.165, 1.54) is 83.1 Å². The number of aromatic nitrogens is 1. The normalized spacial score (nSPS) is 13.1. The minimum absolute atomic E-state index is 0.458. The molecule has 2 aliphatic rings. The molecule has 3 heteroatoms. The van der Waals surface area contributed by atoms with Gasteiger partial charge in [0.1, 0.15) is 11.2 Å². The third-order valence-electron chi connectivity index (χ3n) is 14.3. The van der Waals surface area contributed by atoms with Crippen LogP contribution in [0.25, 0.3) is 82.8 Å². The number of hydrogen-bond donors (Lipinski definition) is 0. The van der Waals surface area contributed by atoms with E-state index in [9.17, 15) is 0 Å². The Hall–Kier alpha value is -8.40. The molecule has 0 bridgehead atoms. The Balaban J connectivity index is 0.966. The van der Waals surface area contributed by atoms with Crippen molar-refractivity contribution >= 4 is 60.8 Å². The lowest BCUT2D eigenvalue weighted by atomic mass is 9.70. The van der Waals surface area contributed by atoms with Crippen molar-refractivity contribution in [2.45, 2.75) is 12.3 Å². The maximum absolute atomic E-state index is 6.53. The highest BCUT2D eigenvalue weighted by Gasteiger charge is 2.51. The van der Waals surface area contributed by atoms with Crippen LogP contribution in [-0.2, 0) is 5.41 Å². The summed E-state index contributed by atoms with van der Waals surface area (Å²) in [5.74, 6) is 0. The van der Waals surface area contributed by atoms with Crippen LogP contribution in [0, 0.1) is 6.92 Å². The monoisotopic (exact) mass is 828 g/mol. The van der Waals surface area contributed by atoms with Crippen LogP contribution < -0.4 is 4.90 Å². The topological polar surface area (TPSA) is 21.3 Å². The SMILES string of the molecule is Cc1ccc(-n2c3ccccc3c3cc(-c4ccc(N(c5ccc6c(c5)C5(c7ccccc7-c7ccccc75)c5ccccc5-6)c5cccc6oc7ccccc7c56)cc4)ccc32)cc1. The highest BCUT2D eigenvalue weighted by Crippen LogP contribution is 2.63. The zero-order valence-electron chi connectivity index (χ0n) is 35.7. The van der Waals surface area contributed by atoms with Crippen molar-refractivity contribution < 1.29 is 4.42 Å². The van der Waals surface area contributed by atoms with Crippen LogP contribution in [0.5, 0.6) is 0 Å². The first-order valence-corrected chi connectivity index (χ1v) is 22.5. The second kappa shape index (κ2) is 13.6. The fraction of sp³-hybridized carbons (Fsp3) is 0.0323. The third kappa shape index (κ3) is 5.01. The van der Waals surface area contributed by atoms with E-state index in [1.807, 2.05) is 6.07 Å². The number of hydrogen-bond acceptors (Lipinski definition) is 2. The molecule has 0 aliphatic heterocycles. The lowest BCUT2D eigenvalue weighted by molar-refractivity contribution is 0.669. The molecule has 304 valence electrons. The van der Waals surface area contributed by atoms with Gasteiger partial charge in [0.25, 0.3) is 0 Å². The van der Waals surface area contributed by atoms with Crippen LogP contribution in [0.2, 0.25) is 0 Å². The minimum Gasteiger partial charge on any atom is -0.456 e. The van der Waals surface area contributed by atoms with Crippen LogP contribution in [0.1, 0.15) is 27.8 Å². The first-order chi connectivity index (χ1) is 32.1. The second-order valence-electron chi connectivity index (χ2n) is 17.7. The van der Waals surface area contributed by atoms with Gasteiger partial charge >= 0.3 is 0 Å². The summed E-state index contributed by atoms with van der Waals surface area (Å²) >= 11 is 0. The van der Waals surface area contributed by atoms with E-state index in [-0.39, 0.29) is 0 Å². The van der Waals surface area contributed by atoms with Gasteiger partial charge in [-0.2, -0.15) is 0 Å². The molecule has 0 unspecified atom stereocenters. The standard InChI is InChI=1S/C62H40N2O/c1-39-25-30-43(31-26-39)64-56-21-10-5-16-49(56)51-37-41(29-36-57(51)64)40-27-32-42(33-28-40)63(58-22-12-24-60-61(58)50-17-6-11-23-59(50)65-60)44-34-35-48-47-15-4-9-20-54(47)62(55(48)38-44)52-18-7-2-13-45(52)46-14-3-8-19-53(46)62/h2-38H,1H3. The van der Waals surface area contributed by atoms with Gasteiger partial charge < -0.3 is 13.9 Å². The molecular formula is C62H40N2O.